The number of carbonyl (C=O) groups is 1. The Labute approximate surface area is 162 Å². The van der Waals surface area contributed by atoms with Crippen molar-refractivity contribution < 1.29 is 22.7 Å². The van der Waals surface area contributed by atoms with Crippen molar-refractivity contribution >= 4 is 16.1 Å². The molecule has 0 spiro atoms. The zero-order valence-corrected chi connectivity index (χ0v) is 17.2. The molecule has 27 heavy (non-hydrogen) atoms. The summed E-state index contributed by atoms with van der Waals surface area (Å²) in [4.78, 5) is 11.5. The van der Waals surface area contributed by atoms with Gasteiger partial charge in [-0.15, -0.1) is 0 Å². The van der Waals surface area contributed by atoms with Gasteiger partial charge in [0.05, 0.1) is 34.6 Å². The van der Waals surface area contributed by atoms with Crippen molar-refractivity contribution in [1.82, 2.24) is 0 Å². The van der Waals surface area contributed by atoms with E-state index in [4.69, 9.17) is 9.47 Å². The number of hydrogen-bond acceptors (Lipinski definition) is 5. The third kappa shape index (κ3) is 4.79. The number of benzene rings is 1. The molecule has 2 fully saturated rings. The highest BCUT2D eigenvalue weighted by Crippen LogP contribution is 2.40. The summed E-state index contributed by atoms with van der Waals surface area (Å²) in [5.74, 6) is -0.134. The Hall–Kier alpha value is -1.24. The van der Waals surface area contributed by atoms with Crippen LogP contribution in [0.3, 0.4) is 0 Å². The molecule has 150 valence electrons. The second-order valence-electron chi connectivity index (χ2n) is 8.51. The van der Waals surface area contributed by atoms with Gasteiger partial charge in [0.15, 0.2) is 9.84 Å². The normalized spacial score (nSPS) is 33.2. The minimum Gasteiger partial charge on any atom is -0.374 e. The van der Waals surface area contributed by atoms with Gasteiger partial charge in [0.2, 0.25) is 0 Å². The molecule has 1 aromatic carbocycles. The largest absolute Gasteiger partial charge is 0.374 e. The number of sulfone groups is 1. The molecule has 5 nitrogen and oxygen atoms in total. The van der Waals surface area contributed by atoms with Crippen molar-refractivity contribution in [3.63, 3.8) is 0 Å². The van der Waals surface area contributed by atoms with Crippen LogP contribution in [0.2, 0.25) is 0 Å². The molecule has 0 radical (unpaired) electrons. The molecule has 2 aliphatic rings. The first-order valence-corrected chi connectivity index (χ1v) is 11.4. The van der Waals surface area contributed by atoms with Crippen LogP contribution in [0.15, 0.2) is 35.2 Å². The minimum atomic E-state index is -3.42. The predicted octanol–water partition coefficient (Wildman–Crippen LogP) is 3.42. The molecule has 2 heterocycles. The molecule has 0 saturated carbocycles. The smallest absolute Gasteiger partial charge is 0.178 e. The zero-order valence-electron chi connectivity index (χ0n) is 16.3. The number of rotatable bonds is 7. The first-order valence-electron chi connectivity index (χ1n) is 9.76. The fourth-order valence-corrected chi connectivity index (χ4v) is 6.19. The summed E-state index contributed by atoms with van der Waals surface area (Å²) < 4.78 is 38.0. The number of aldehydes is 1. The summed E-state index contributed by atoms with van der Waals surface area (Å²) in [6.07, 6.45) is 3.52. The Morgan fingerprint density at radius 3 is 2.48 bits per heavy atom. The summed E-state index contributed by atoms with van der Waals surface area (Å²) in [6, 6.07) is 8.50. The highest BCUT2D eigenvalue weighted by atomic mass is 32.2. The predicted molar refractivity (Wildman–Crippen MR) is 103 cm³/mol. The van der Waals surface area contributed by atoms with Crippen LogP contribution in [0, 0.1) is 11.8 Å². The molecule has 0 aromatic heterocycles. The first kappa shape index (κ1) is 20.5. The second kappa shape index (κ2) is 8.02. The van der Waals surface area contributed by atoms with Crippen molar-refractivity contribution in [3.8, 4) is 0 Å². The van der Waals surface area contributed by atoms with Gasteiger partial charge in [-0.3, -0.25) is 0 Å². The lowest BCUT2D eigenvalue weighted by Crippen LogP contribution is -2.29. The van der Waals surface area contributed by atoms with Crippen LogP contribution in [0.4, 0.5) is 0 Å². The van der Waals surface area contributed by atoms with E-state index in [2.05, 4.69) is 13.8 Å². The standard InChI is InChI=1S/C21H30O5S/c1-15-18(14-27(23,24)17-7-5-4-6-8-17)19(10-12-22)25-20(15)13-16-9-11-21(2,3)26-16/h4-8,12,15-16,18-20H,9-11,13-14H2,1-3H3/t15-,16-,18-,19+,20-/m1/s1. The third-order valence-corrected chi connectivity index (χ3v) is 7.80. The average molecular weight is 395 g/mol. The zero-order chi connectivity index (χ0) is 19.7. The van der Waals surface area contributed by atoms with Crippen molar-refractivity contribution in [2.24, 2.45) is 11.8 Å². The topological polar surface area (TPSA) is 69.7 Å². The molecular formula is C21H30O5S. The van der Waals surface area contributed by atoms with Crippen LogP contribution < -0.4 is 0 Å². The molecule has 0 bridgehead atoms. The molecule has 2 saturated heterocycles. The summed E-state index contributed by atoms with van der Waals surface area (Å²) in [7, 11) is -3.42. The lowest BCUT2D eigenvalue weighted by Gasteiger charge is -2.23. The van der Waals surface area contributed by atoms with Crippen LogP contribution in [0.1, 0.15) is 46.5 Å². The molecule has 5 atom stereocenters. The van der Waals surface area contributed by atoms with E-state index >= 15 is 0 Å². The molecule has 0 unspecified atom stereocenters. The average Bonchev–Trinajstić information content (AvgIpc) is 3.10. The van der Waals surface area contributed by atoms with Gasteiger partial charge in [0, 0.05) is 18.8 Å². The Bertz CT molecular complexity index is 743. The Balaban J connectivity index is 1.72. The molecule has 1 aromatic rings. The summed E-state index contributed by atoms with van der Waals surface area (Å²) in [6.45, 7) is 6.23. The van der Waals surface area contributed by atoms with Gasteiger partial charge in [-0.05, 0) is 44.7 Å². The quantitative estimate of drug-likeness (QED) is 0.663. The summed E-state index contributed by atoms with van der Waals surface area (Å²) in [5, 5.41) is 0. The third-order valence-electron chi connectivity index (χ3n) is 5.98. The van der Waals surface area contributed by atoms with Crippen LogP contribution >= 0.6 is 0 Å². The Kier molecular flexibility index (Phi) is 6.08. The van der Waals surface area contributed by atoms with Gasteiger partial charge >= 0.3 is 0 Å². The van der Waals surface area contributed by atoms with E-state index in [1.807, 2.05) is 6.92 Å². The number of ether oxygens (including phenoxy) is 2. The van der Waals surface area contributed by atoms with E-state index in [1.165, 1.54) is 0 Å². The summed E-state index contributed by atoms with van der Waals surface area (Å²) in [5.41, 5.74) is -0.106. The second-order valence-corrected chi connectivity index (χ2v) is 10.5. The molecular weight excluding hydrogens is 364 g/mol. The van der Waals surface area contributed by atoms with E-state index in [0.717, 1.165) is 25.5 Å². The molecule has 3 rings (SSSR count). The maximum absolute atomic E-state index is 12.9. The van der Waals surface area contributed by atoms with Gasteiger partial charge in [-0.25, -0.2) is 8.42 Å². The maximum atomic E-state index is 12.9. The van der Waals surface area contributed by atoms with E-state index in [0.29, 0.717) is 4.90 Å². The fraction of sp³-hybridized carbons (Fsp3) is 0.667. The lowest BCUT2D eigenvalue weighted by molar-refractivity contribution is -0.111. The Morgan fingerprint density at radius 2 is 1.89 bits per heavy atom. The van der Waals surface area contributed by atoms with E-state index in [1.54, 1.807) is 30.3 Å². The molecule has 2 aliphatic heterocycles. The lowest BCUT2D eigenvalue weighted by atomic mass is 9.87. The van der Waals surface area contributed by atoms with Crippen LogP contribution in [0.25, 0.3) is 0 Å². The van der Waals surface area contributed by atoms with Crippen LogP contribution in [-0.2, 0) is 24.1 Å². The minimum absolute atomic E-state index is 0.00417. The molecule has 0 amide bonds. The molecule has 0 N–H and O–H groups in total. The monoisotopic (exact) mass is 394 g/mol. The van der Waals surface area contributed by atoms with Crippen LogP contribution in [0.5, 0.6) is 0 Å². The van der Waals surface area contributed by atoms with Gasteiger partial charge in [0.1, 0.15) is 6.29 Å². The summed E-state index contributed by atoms with van der Waals surface area (Å²) >= 11 is 0. The van der Waals surface area contributed by atoms with Crippen molar-refractivity contribution in [2.75, 3.05) is 5.75 Å². The van der Waals surface area contributed by atoms with Crippen LogP contribution in [-0.4, -0.2) is 44.4 Å². The van der Waals surface area contributed by atoms with Crippen molar-refractivity contribution in [1.29, 1.82) is 0 Å². The number of hydrogen-bond donors (Lipinski definition) is 0. The van der Waals surface area contributed by atoms with Gasteiger partial charge < -0.3 is 14.3 Å². The van der Waals surface area contributed by atoms with E-state index in [9.17, 15) is 13.2 Å². The molecule has 6 heteroatoms. The van der Waals surface area contributed by atoms with Crippen molar-refractivity contribution in [2.45, 2.75) is 75.3 Å². The van der Waals surface area contributed by atoms with E-state index < -0.39 is 9.84 Å². The number of carbonyl (C=O) groups excluding carboxylic acids is 1. The maximum Gasteiger partial charge on any atom is 0.178 e. The van der Waals surface area contributed by atoms with Gasteiger partial charge in [0.25, 0.3) is 0 Å². The highest BCUT2D eigenvalue weighted by Gasteiger charge is 2.45. The fourth-order valence-electron chi connectivity index (χ4n) is 4.40. The van der Waals surface area contributed by atoms with E-state index in [-0.39, 0.29) is 47.9 Å². The SMILES string of the molecule is C[C@@H]1[C@@H](CS(=O)(=O)c2ccccc2)[C@H](CC=O)O[C@@H]1C[C@H]1CCC(C)(C)O1. The van der Waals surface area contributed by atoms with Crippen molar-refractivity contribution in [3.05, 3.63) is 30.3 Å². The van der Waals surface area contributed by atoms with Gasteiger partial charge in [-0.2, -0.15) is 0 Å². The Morgan fingerprint density at radius 1 is 1.19 bits per heavy atom. The van der Waals surface area contributed by atoms with Gasteiger partial charge in [-0.1, -0.05) is 25.1 Å². The molecule has 0 aliphatic carbocycles. The highest BCUT2D eigenvalue weighted by molar-refractivity contribution is 7.91. The first-order chi connectivity index (χ1) is 12.7.